The maximum atomic E-state index is 13.0. The monoisotopic (exact) mass is 637 g/mol. The van der Waals surface area contributed by atoms with E-state index in [9.17, 15) is 30.0 Å². The maximum absolute atomic E-state index is 13.0. The third-order valence-corrected chi connectivity index (χ3v) is 9.25. The molecular formula is C37H27N5O4S. The lowest BCUT2D eigenvalue weighted by Crippen LogP contribution is -2.39. The number of carbonyl (C=O) groups excluding carboxylic acids is 2. The topological polar surface area (TPSA) is 130 Å². The molecule has 6 rings (SSSR count). The molecule has 0 atom stereocenters. The summed E-state index contributed by atoms with van der Waals surface area (Å²) in [4.78, 5) is 42.2. The second-order valence-electron chi connectivity index (χ2n) is 11.0. The summed E-state index contributed by atoms with van der Waals surface area (Å²) >= 11 is 1.44. The maximum Gasteiger partial charge on any atom is 0.271 e. The first-order chi connectivity index (χ1) is 22.6. The van der Waals surface area contributed by atoms with Gasteiger partial charge in [0.1, 0.15) is 28.3 Å². The molecule has 0 saturated heterocycles. The number of aromatic nitrogens is 1. The minimum atomic E-state index is -0.613. The average Bonchev–Trinajstić information content (AvgIpc) is 3.53. The zero-order valence-corrected chi connectivity index (χ0v) is 26.5. The van der Waals surface area contributed by atoms with Crippen molar-refractivity contribution in [2.75, 3.05) is 11.9 Å². The number of nitriles is 2. The van der Waals surface area contributed by atoms with Crippen molar-refractivity contribution in [1.82, 2.24) is 9.47 Å². The van der Waals surface area contributed by atoms with Gasteiger partial charge in [-0.05, 0) is 72.3 Å². The highest BCUT2D eigenvalue weighted by molar-refractivity contribution is 7.17. The normalized spacial score (nSPS) is 14.1. The number of para-hydroxylation sites is 1. The Bertz CT molecular complexity index is 2320. The summed E-state index contributed by atoms with van der Waals surface area (Å²) in [6.45, 7) is 3.29. The molecule has 3 aromatic carbocycles. The molecule has 1 aliphatic rings. The minimum Gasteiger partial charge on any atom is -0.493 e. The van der Waals surface area contributed by atoms with Gasteiger partial charge in [-0.15, -0.1) is 11.3 Å². The van der Waals surface area contributed by atoms with Crippen molar-refractivity contribution in [3.8, 4) is 18.0 Å². The van der Waals surface area contributed by atoms with Gasteiger partial charge in [0, 0.05) is 34.6 Å². The van der Waals surface area contributed by atoms with Gasteiger partial charge >= 0.3 is 0 Å². The van der Waals surface area contributed by atoms with Gasteiger partial charge in [0.15, 0.2) is 0 Å². The van der Waals surface area contributed by atoms with Crippen LogP contribution in [0.1, 0.15) is 28.5 Å². The third-order valence-electron chi connectivity index (χ3n) is 8.23. The van der Waals surface area contributed by atoms with Crippen LogP contribution in [-0.2, 0) is 16.1 Å². The first-order valence-electron chi connectivity index (χ1n) is 14.6. The molecule has 0 bridgehead atoms. The van der Waals surface area contributed by atoms with Crippen LogP contribution < -0.4 is 10.5 Å². The fourth-order valence-corrected chi connectivity index (χ4v) is 6.73. The Labute approximate surface area is 274 Å². The van der Waals surface area contributed by atoms with Crippen molar-refractivity contribution in [2.45, 2.75) is 20.4 Å². The van der Waals surface area contributed by atoms with Crippen LogP contribution in [0.3, 0.4) is 0 Å². The number of nitrogens with zero attached hydrogens (tertiary/aromatic N) is 5. The Morgan fingerprint density at radius 1 is 0.872 bits per heavy atom. The Hall–Kier alpha value is -6.23. The Kier molecular flexibility index (Phi) is 8.04. The Morgan fingerprint density at radius 2 is 1.60 bits per heavy atom. The summed E-state index contributed by atoms with van der Waals surface area (Å²) in [5.41, 5.74) is 3.17. The van der Waals surface area contributed by atoms with Gasteiger partial charge in [0.2, 0.25) is 5.88 Å². The number of likely N-dealkylation sites (N-methyl/N-ethyl adjacent to an activating group) is 1. The lowest BCUT2D eigenvalue weighted by atomic mass is 9.95. The van der Waals surface area contributed by atoms with Crippen LogP contribution in [0.5, 0.6) is 5.88 Å². The zero-order chi connectivity index (χ0) is 33.4. The Balaban J connectivity index is 1.48. The van der Waals surface area contributed by atoms with Gasteiger partial charge in [0.25, 0.3) is 17.4 Å². The first-order valence-corrected chi connectivity index (χ1v) is 15.4. The molecule has 0 radical (unpaired) electrons. The molecule has 1 N–H and O–H groups in total. The number of thiophene rings is 1. The van der Waals surface area contributed by atoms with Crippen molar-refractivity contribution in [3.05, 3.63) is 134 Å². The number of imide groups is 1. The molecule has 0 spiro atoms. The van der Waals surface area contributed by atoms with Gasteiger partial charge < -0.3 is 10.0 Å². The summed E-state index contributed by atoms with van der Waals surface area (Å²) in [6.07, 6.45) is 1.71. The highest BCUT2D eigenvalue weighted by Crippen LogP contribution is 2.43. The molecule has 0 saturated carbocycles. The van der Waals surface area contributed by atoms with Gasteiger partial charge in [-0.2, -0.15) is 10.5 Å². The fraction of sp³-hybridized carbons (Fsp3) is 0.108. The van der Waals surface area contributed by atoms with Crippen LogP contribution in [0.4, 0.5) is 16.4 Å². The van der Waals surface area contributed by atoms with Gasteiger partial charge in [0.05, 0.1) is 12.2 Å². The molecule has 5 aromatic rings. The summed E-state index contributed by atoms with van der Waals surface area (Å²) in [6, 6.07) is 30.6. The molecule has 0 fully saturated rings. The van der Waals surface area contributed by atoms with E-state index in [1.165, 1.54) is 29.0 Å². The van der Waals surface area contributed by atoms with E-state index in [1.807, 2.05) is 91.0 Å². The van der Waals surface area contributed by atoms with E-state index in [1.54, 1.807) is 19.9 Å². The van der Waals surface area contributed by atoms with E-state index in [4.69, 9.17) is 0 Å². The summed E-state index contributed by atoms with van der Waals surface area (Å²) in [5.74, 6) is -1.45. The number of aromatic hydroxyl groups is 1. The van der Waals surface area contributed by atoms with E-state index >= 15 is 0 Å². The lowest BCUT2D eigenvalue weighted by Gasteiger charge is -2.25. The van der Waals surface area contributed by atoms with Crippen molar-refractivity contribution < 1.29 is 14.7 Å². The Morgan fingerprint density at radius 3 is 2.32 bits per heavy atom. The molecule has 0 unspecified atom stereocenters. The largest absolute Gasteiger partial charge is 0.493 e. The first kappa shape index (κ1) is 30.8. The van der Waals surface area contributed by atoms with E-state index in [-0.39, 0.29) is 29.1 Å². The van der Waals surface area contributed by atoms with Gasteiger partial charge in [-0.1, -0.05) is 48.5 Å². The zero-order valence-electron chi connectivity index (χ0n) is 25.7. The van der Waals surface area contributed by atoms with Gasteiger partial charge in [-0.3, -0.25) is 23.9 Å². The number of pyridine rings is 1. The molecule has 9 nitrogen and oxygen atoms in total. The summed E-state index contributed by atoms with van der Waals surface area (Å²) < 4.78 is 1.20. The second kappa shape index (κ2) is 12.3. The quantitative estimate of drug-likeness (QED) is 0.162. The van der Waals surface area contributed by atoms with E-state index in [2.05, 4.69) is 4.90 Å². The second-order valence-corrected chi connectivity index (χ2v) is 12.1. The minimum absolute atomic E-state index is 0.0577. The molecule has 47 heavy (non-hydrogen) atoms. The summed E-state index contributed by atoms with van der Waals surface area (Å²) in [5, 5.41) is 32.5. The van der Waals surface area contributed by atoms with E-state index in [0.717, 1.165) is 42.5 Å². The number of anilines is 3. The molecule has 0 aliphatic carbocycles. The van der Waals surface area contributed by atoms with Crippen LogP contribution in [0.2, 0.25) is 0 Å². The molecule has 3 heterocycles. The lowest BCUT2D eigenvalue weighted by molar-refractivity contribution is -0.138. The predicted molar refractivity (Wildman–Crippen MR) is 181 cm³/mol. The molecule has 2 aromatic heterocycles. The highest BCUT2D eigenvalue weighted by Gasteiger charge is 2.33. The van der Waals surface area contributed by atoms with Crippen LogP contribution in [0, 0.1) is 29.6 Å². The molecule has 230 valence electrons. The van der Waals surface area contributed by atoms with Crippen molar-refractivity contribution in [1.29, 1.82) is 10.5 Å². The number of hydrogen-bond acceptors (Lipinski definition) is 8. The summed E-state index contributed by atoms with van der Waals surface area (Å²) in [7, 11) is 1.37. The number of rotatable bonds is 6. The number of amides is 2. The smallest absolute Gasteiger partial charge is 0.271 e. The fourth-order valence-electron chi connectivity index (χ4n) is 5.75. The van der Waals surface area contributed by atoms with E-state index < -0.39 is 17.4 Å². The number of fused-ring (bicyclic) bond motifs is 1. The molecule has 2 amide bonds. The molecule has 1 aliphatic heterocycles. The van der Waals surface area contributed by atoms with Crippen molar-refractivity contribution in [2.24, 2.45) is 0 Å². The SMILES string of the molecule is CC1=C(C#N)C(=O)N(C)C(=O)/C1=C/c1ccc(N(c2ccccc2)c2cccc3c(Cn4c(O)c(C#N)c(C)cc4=O)cccc23)s1. The predicted octanol–water partition coefficient (Wildman–Crippen LogP) is 6.69. The van der Waals surface area contributed by atoms with Crippen molar-refractivity contribution in [3.63, 3.8) is 0 Å². The number of hydrogen-bond donors (Lipinski definition) is 1. The van der Waals surface area contributed by atoms with Gasteiger partial charge in [-0.25, -0.2) is 0 Å². The number of carbonyl (C=O) groups is 2. The van der Waals surface area contributed by atoms with E-state index in [0.29, 0.717) is 11.1 Å². The van der Waals surface area contributed by atoms with Crippen molar-refractivity contribution >= 4 is 56.4 Å². The number of benzene rings is 3. The van der Waals surface area contributed by atoms with Crippen LogP contribution in [0.15, 0.2) is 106 Å². The van der Waals surface area contributed by atoms with Crippen LogP contribution in [-0.4, -0.2) is 33.4 Å². The number of aryl methyl sites for hydroxylation is 1. The average molecular weight is 638 g/mol. The third kappa shape index (κ3) is 5.37. The molecule has 10 heteroatoms. The molecular weight excluding hydrogens is 611 g/mol. The van der Waals surface area contributed by atoms with Crippen LogP contribution >= 0.6 is 11.3 Å². The standard InChI is InChI=1S/C37H27N5O4S/c1-22-17-33(43)41(37(46)30(22)19-38)21-24-9-7-13-28-27(24)12-8-14-32(28)42(25-10-5-4-6-11-25)34-16-15-26(47-34)18-29-23(2)31(20-39)36(45)40(3)35(29)44/h4-18,46H,21H2,1-3H3/b29-18+. The highest BCUT2D eigenvalue weighted by atomic mass is 32.1. The van der Waals surface area contributed by atoms with Crippen LogP contribution in [0.25, 0.3) is 16.8 Å².